The zero-order valence-corrected chi connectivity index (χ0v) is 8.10. The summed E-state index contributed by atoms with van der Waals surface area (Å²) >= 11 is 0. The van der Waals surface area contributed by atoms with Gasteiger partial charge in [0.25, 0.3) is 0 Å². The number of aromatic amines is 1. The minimum absolute atomic E-state index is 0.121. The average molecular weight is 187 g/mol. The van der Waals surface area contributed by atoms with E-state index in [4.69, 9.17) is 0 Å². The van der Waals surface area contributed by atoms with Crippen LogP contribution in [-0.4, -0.2) is 10.8 Å². The molecule has 2 aromatic rings. The number of aromatic nitrogens is 1. The molecule has 0 bridgehead atoms. The van der Waals surface area contributed by atoms with E-state index in [2.05, 4.69) is 4.98 Å². The van der Waals surface area contributed by atoms with Crippen molar-refractivity contribution in [2.75, 3.05) is 0 Å². The van der Waals surface area contributed by atoms with E-state index in [-0.39, 0.29) is 5.78 Å². The topological polar surface area (TPSA) is 32.9 Å². The summed E-state index contributed by atoms with van der Waals surface area (Å²) in [6, 6.07) is 13.1. The highest BCUT2D eigenvalue weighted by atomic mass is 16.1. The molecule has 0 aliphatic rings. The molecule has 0 unspecified atom stereocenters. The standard InChI is InChI=1S/C8H8O.C4H5N/c1-7(9)8-5-3-2-4-6-8;1-2-4-5-3-1/h2-6H,1H3;1-5H. The Labute approximate surface area is 83.6 Å². The number of rotatable bonds is 1. The van der Waals surface area contributed by atoms with Crippen molar-refractivity contribution in [3.8, 4) is 0 Å². The van der Waals surface area contributed by atoms with E-state index < -0.39 is 0 Å². The number of nitrogens with one attached hydrogen (secondary N) is 1. The maximum Gasteiger partial charge on any atom is 0.159 e. The highest BCUT2D eigenvalue weighted by Gasteiger charge is 1.92. The van der Waals surface area contributed by atoms with Crippen LogP contribution in [0.15, 0.2) is 54.9 Å². The number of hydrogen-bond donors (Lipinski definition) is 1. The Morgan fingerprint density at radius 1 is 1.00 bits per heavy atom. The molecule has 0 saturated carbocycles. The Hall–Kier alpha value is -1.83. The highest BCUT2D eigenvalue weighted by molar-refractivity contribution is 5.93. The van der Waals surface area contributed by atoms with Crippen molar-refractivity contribution < 1.29 is 4.79 Å². The van der Waals surface area contributed by atoms with Gasteiger partial charge in [-0.05, 0) is 19.1 Å². The van der Waals surface area contributed by atoms with Crippen LogP contribution in [0.1, 0.15) is 17.3 Å². The molecule has 72 valence electrons. The Balaban J connectivity index is 0.000000165. The molecule has 1 N–H and O–H groups in total. The average Bonchev–Trinajstić information content (AvgIpc) is 2.77. The van der Waals surface area contributed by atoms with Gasteiger partial charge in [0.1, 0.15) is 0 Å². The van der Waals surface area contributed by atoms with Crippen molar-refractivity contribution >= 4 is 5.78 Å². The number of ketones is 1. The van der Waals surface area contributed by atoms with Gasteiger partial charge in [0.05, 0.1) is 0 Å². The third kappa shape index (κ3) is 3.72. The fourth-order valence-corrected chi connectivity index (χ4v) is 0.951. The van der Waals surface area contributed by atoms with Crippen LogP contribution in [0.25, 0.3) is 0 Å². The van der Waals surface area contributed by atoms with Crippen LogP contribution >= 0.6 is 0 Å². The first kappa shape index (κ1) is 10.3. The van der Waals surface area contributed by atoms with E-state index in [1.807, 2.05) is 54.9 Å². The molecule has 0 amide bonds. The maximum atomic E-state index is 10.6. The number of H-pyrrole nitrogens is 1. The summed E-state index contributed by atoms with van der Waals surface area (Å²) in [6.07, 6.45) is 3.75. The lowest BCUT2D eigenvalue weighted by atomic mass is 10.2. The van der Waals surface area contributed by atoms with E-state index in [1.54, 1.807) is 6.92 Å². The van der Waals surface area contributed by atoms with Gasteiger partial charge in [0.2, 0.25) is 0 Å². The van der Waals surface area contributed by atoms with E-state index in [1.165, 1.54) is 0 Å². The van der Waals surface area contributed by atoms with Crippen molar-refractivity contribution in [2.45, 2.75) is 6.92 Å². The molecule has 0 spiro atoms. The summed E-state index contributed by atoms with van der Waals surface area (Å²) in [6.45, 7) is 1.56. The minimum atomic E-state index is 0.121. The van der Waals surface area contributed by atoms with Crippen molar-refractivity contribution in [1.29, 1.82) is 0 Å². The lowest BCUT2D eigenvalue weighted by molar-refractivity contribution is 0.101. The first-order chi connectivity index (χ1) is 6.80. The Morgan fingerprint density at radius 2 is 1.57 bits per heavy atom. The molecule has 1 aromatic carbocycles. The van der Waals surface area contributed by atoms with Crippen LogP contribution in [0.4, 0.5) is 0 Å². The molecule has 0 aliphatic heterocycles. The predicted octanol–water partition coefficient (Wildman–Crippen LogP) is 2.90. The summed E-state index contributed by atoms with van der Waals surface area (Å²) in [5, 5.41) is 0. The van der Waals surface area contributed by atoms with Gasteiger partial charge in [0.15, 0.2) is 5.78 Å². The van der Waals surface area contributed by atoms with Crippen LogP contribution in [0.2, 0.25) is 0 Å². The van der Waals surface area contributed by atoms with Crippen LogP contribution in [0.3, 0.4) is 0 Å². The second-order valence-corrected chi connectivity index (χ2v) is 2.81. The Bertz CT molecular complexity index is 334. The molecule has 1 heterocycles. The third-order valence-corrected chi connectivity index (χ3v) is 1.68. The number of carbonyl (C=O) groups is 1. The predicted molar refractivity (Wildman–Crippen MR) is 57.2 cm³/mol. The third-order valence-electron chi connectivity index (χ3n) is 1.68. The van der Waals surface area contributed by atoms with Gasteiger partial charge in [-0.25, -0.2) is 0 Å². The molecule has 1 aromatic heterocycles. The molecular formula is C12H13NO. The quantitative estimate of drug-likeness (QED) is 0.684. The van der Waals surface area contributed by atoms with Crippen LogP contribution in [-0.2, 0) is 0 Å². The molecule has 2 heteroatoms. The largest absolute Gasteiger partial charge is 0.368 e. The van der Waals surface area contributed by atoms with Gasteiger partial charge in [0, 0.05) is 18.0 Å². The molecule has 0 saturated heterocycles. The molecule has 2 rings (SSSR count). The first-order valence-corrected chi connectivity index (χ1v) is 4.44. The number of Topliss-reactive ketones (excluding diaryl/α,β-unsaturated/α-hetero) is 1. The van der Waals surface area contributed by atoms with E-state index in [9.17, 15) is 4.79 Å². The van der Waals surface area contributed by atoms with E-state index in [0.29, 0.717) is 0 Å². The van der Waals surface area contributed by atoms with Crippen molar-refractivity contribution in [2.24, 2.45) is 0 Å². The van der Waals surface area contributed by atoms with Gasteiger partial charge in [-0.2, -0.15) is 0 Å². The van der Waals surface area contributed by atoms with E-state index >= 15 is 0 Å². The minimum Gasteiger partial charge on any atom is -0.368 e. The van der Waals surface area contributed by atoms with Gasteiger partial charge in [-0.15, -0.1) is 0 Å². The van der Waals surface area contributed by atoms with Gasteiger partial charge < -0.3 is 4.98 Å². The Kier molecular flexibility index (Phi) is 4.21. The van der Waals surface area contributed by atoms with Crippen LogP contribution in [0.5, 0.6) is 0 Å². The van der Waals surface area contributed by atoms with Crippen molar-refractivity contribution in [3.63, 3.8) is 0 Å². The fraction of sp³-hybridized carbons (Fsp3) is 0.0833. The lowest BCUT2D eigenvalue weighted by Crippen LogP contribution is -1.88. The zero-order valence-electron chi connectivity index (χ0n) is 8.10. The first-order valence-electron chi connectivity index (χ1n) is 4.44. The van der Waals surface area contributed by atoms with E-state index in [0.717, 1.165) is 5.56 Å². The SMILES string of the molecule is CC(=O)c1ccccc1.c1cc[nH]c1. The molecule has 2 nitrogen and oxygen atoms in total. The number of benzene rings is 1. The summed E-state index contributed by atoms with van der Waals surface area (Å²) in [7, 11) is 0. The molecule has 0 radical (unpaired) electrons. The van der Waals surface area contributed by atoms with Crippen molar-refractivity contribution in [1.82, 2.24) is 4.98 Å². The normalized spacial score (nSPS) is 8.64. The molecule has 0 aliphatic carbocycles. The lowest BCUT2D eigenvalue weighted by Gasteiger charge is -1.89. The molecular weight excluding hydrogens is 174 g/mol. The Morgan fingerprint density at radius 3 is 1.86 bits per heavy atom. The van der Waals surface area contributed by atoms with Gasteiger partial charge in [-0.3, -0.25) is 4.79 Å². The maximum absolute atomic E-state index is 10.6. The number of hydrogen-bond acceptors (Lipinski definition) is 1. The molecule has 0 atom stereocenters. The molecule has 14 heavy (non-hydrogen) atoms. The van der Waals surface area contributed by atoms with Crippen LogP contribution in [0, 0.1) is 0 Å². The zero-order chi connectivity index (χ0) is 10.2. The van der Waals surface area contributed by atoms with Crippen LogP contribution < -0.4 is 0 Å². The second kappa shape index (κ2) is 5.75. The monoisotopic (exact) mass is 187 g/mol. The highest BCUT2D eigenvalue weighted by Crippen LogP contribution is 1.97. The van der Waals surface area contributed by atoms with Crippen molar-refractivity contribution in [3.05, 3.63) is 60.4 Å². The van der Waals surface area contributed by atoms with Gasteiger partial charge >= 0.3 is 0 Å². The summed E-state index contributed by atoms with van der Waals surface area (Å²) < 4.78 is 0. The summed E-state index contributed by atoms with van der Waals surface area (Å²) in [5.41, 5.74) is 0.775. The summed E-state index contributed by atoms with van der Waals surface area (Å²) in [5.74, 6) is 0.121. The molecule has 0 fully saturated rings. The van der Waals surface area contributed by atoms with Gasteiger partial charge in [-0.1, -0.05) is 30.3 Å². The smallest absolute Gasteiger partial charge is 0.159 e. The fourth-order valence-electron chi connectivity index (χ4n) is 0.951. The number of carbonyl (C=O) groups excluding carboxylic acids is 1. The second-order valence-electron chi connectivity index (χ2n) is 2.81. The summed E-state index contributed by atoms with van der Waals surface area (Å²) in [4.78, 5) is 13.5.